The van der Waals surface area contributed by atoms with Crippen LogP contribution in [-0.2, 0) is 47.5 Å². The van der Waals surface area contributed by atoms with Crippen LogP contribution >= 0.6 is 0 Å². The van der Waals surface area contributed by atoms with Crippen LogP contribution in [-0.4, -0.2) is 158 Å². The molecule has 0 spiro atoms. The SMILES string of the molecule is C.C.CNCCCOCCOCCOCCCNC(=O)COCCOCC(=O)NCCCOCCOCCOCCCNC. The van der Waals surface area contributed by atoms with Gasteiger partial charge in [0.25, 0.3) is 0 Å². The van der Waals surface area contributed by atoms with Crippen LogP contribution in [0.5, 0.6) is 0 Å². The van der Waals surface area contributed by atoms with Gasteiger partial charge in [0.05, 0.1) is 66.1 Å². The van der Waals surface area contributed by atoms with E-state index in [0.717, 1.165) is 39.1 Å². The lowest BCUT2D eigenvalue weighted by molar-refractivity contribution is -0.129. The van der Waals surface area contributed by atoms with Crippen LogP contribution in [0.1, 0.15) is 40.5 Å². The summed E-state index contributed by atoms with van der Waals surface area (Å²) in [6, 6.07) is 0. The fraction of sp³-hybridized carbons (Fsp3) is 0.933. The van der Waals surface area contributed by atoms with Crippen LogP contribution in [0.4, 0.5) is 0 Å². The van der Waals surface area contributed by atoms with Crippen molar-refractivity contribution in [3.63, 3.8) is 0 Å². The van der Waals surface area contributed by atoms with E-state index in [0.29, 0.717) is 92.0 Å². The topological polar surface area (TPSA) is 156 Å². The summed E-state index contributed by atoms with van der Waals surface area (Å²) < 4.78 is 43.2. The molecule has 44 heavy (non-hydrogen) atoms. The molecule has 0 aromatic rings. The number of carbonyl (C=O) groups is 2. The standard InChI is InChI=1S/C28H58N4O10.2CH4/c1-29-7-3-11-35-15-19-39-21-17-37-13-5-9-31-27(33)25-41-23-24-42-26-28(34)32-10-6-14-38-18-22-40-20-16-36-12-4-8-30-2;;/h29-30H,3-26H2,1-2H3,(H,31,33)(H,32,34);2*1H4. The van der Waals surface area contributed by atoms with Gasteiger partial charge in [0, 0.05) is 39.5 Å². The highest BCUT2D eigenvalue weighted by Crippen LogP contribution is 1.88. The van der Waals surface area contributed by atoms with E-state index in [1.807, 2.05) is 14.1 Å². The second-order valence-electron chi connectivity index (χ2n) is 9.10. The molecule has 0 rings (SSSR count). The average molecular weight is 643 g/mol. The molecule has 0 aromatic carbocycles. The van der Waals surface area contributed by atoms with Crippen molar-refractivity contribution in [2.75, 3.05) is 146 Å². The van der Waals surface area contributed by atoms with Crippen molar-refractivity contribution in [3.05, 3.63) is 0 Å². The van der Waals surface area contributed by atoms with Crippen molar-refractivity contribution < 1.29 is 47.5 Å². The lowest BCUT2D eigenvalue weighted by Crippen LogP contribution is -2.31. The van der Waals surface area contributed by atoms with E-state index in [4.69, 9.17) is 37.9 Å². The molecule has 0 heterocycles. The molecule has 0 aliphatic carbocycles. The molecule has 2 amide bonds. The van der Waals surface area contributed by atoms with Crippen LogP contribution in [0.15, 0.2) is 0 Å². The zero-order valence-corrected chi connectivity index (χ0v) is 26.1. The first-order valence-corrected chi connectivity index (χ1v) is 15.1. The molecule has 0 aliphatic rings. The van der Waals surface area contributed by atoms with Crippen molar-refractivity contribution in [1.82, 2.24) is 21.3 Å². The Bertz CT molecular complexity index is 532. The molecule has 0 atom stereocenters. The van der Waals surface area contributed by atoms with Gasteiger partial charge in [-0.1, -0.05) is 14.9 Å². The third-order valence-electron chi connectivity index (χ3n) is 5.33. The summed E-state index contributed by atoms with van der Waals surface area (Å²) in [7, 11) is 3.84. The Labute approximate surface area is 267 Å². The maximum absolute atomic E-state index is 11.8. The van der Waals surface area contributed by atoms with Gasteiger partial charge in [0.1, 0.15) is 13.2 Å². The van der Waals surface area contributed by atoms with E-state index >= 15 is 0 Å². The Morgan fingerprint density at radius 1 is 0.386 bits per heavy atom. The third kappa shape index (κ3) is 40.5. The molecule has 0 bridgehead atoms. The average Bonchev–Trinajstić information content (AvgIpc) is 2.99. The van der Waals surface area contributed by atoms with Gasteiger partial charge < -0.3 is 59.2 Å². The van der Waals surface area contributed by atoms with E-state index in [1.54, 1.807) is 0 Å². The zero-order chi connectivity index (χ0) is 30.6. The summed E-state index contributed by atoms with van der Waals surface area (Å²) in [5.74, 6) is -0.409. The van der Waals surface area contributed by atoms with Crippen LogP contribution in [0, 0.1) is 0 Å². The van der Waals surface area contributed by atoms with Crippen LogP contribution in [0.25, 0.3) is 0 Å². The van der Waals surface area contributed by atoms with E-state index in [-0.39, 0.29) is 53.1 Å². The largest absolute Gasteiger partial charge is 0.379 e. The van der Waals surface area contributed by atoms with E-state index in [9.17, 15) is 9.59 Å². The predicted molar refractivity (Wildman–Crippen MR) is 172 cm³/mol. The summed E-state index contributed by atoms with van der Waals surface area (Å²) in [4.78, 5) is 23.5. The fourth-order valence-electron chi connectivity index (χ4n) is 3.14. The quantitative estimate of drug-likeness (QED) is 0.0717. The fourth-order valence-corrected chi connectivity index (χ4v) is 3.14. The smallest absolute Gasteiger partial charge is 0.246 e. The first-order valence-electron chi connectivity index (χ1n) is 15.1. The van der Waals surface area contributed by atoms with Gasteiger partial charge in [-0.2, -0.15) is 0 Å². The lowest BCUT2D eigenvalue weighted by Gasteiger charge is -2.09. The first-order chi connectivity index (χ1) is 20.7. The van der Waals surface area contributed by atoms with Crippen LogP contribution in [0.3, 0.4) is 0 Å². The highest BCUT2D eigenvalue weighted by atomic mass is 16.6. The lowest BCUT2D eigenvalue weighted by atomic mass is 10.4. The maximum atomic E-state index is 11.8. The summed E-state index contributed by atoms with van der Waals surface area (Å²) in [5.41, 5.74) is 0. The Hall–Kier alpha value is -1.46. The van der Waals surface area contributed by atoms with Gasteiger partial charge in [0.2, 0.25) is 11.8 Å². The van der Waals surface area contributed by atoms with Crippen molar-refractivity contribution in [2.24, 2.45) is 0 Å². The second-order valence-corrected chi connectivity index (χ2v) is 9.10. The third-order valence-corrected chi connectivity index (χ3v) is 5.33. The monoisotopic (exact) mass is 642 g/mol. The number of carbonyl (C=O) groups excluding carboxylic acids is 2. The minimum absolute atomic E-state index is 0. The molecular weight excluding hydrogens is 576 g/mol. The van der Waals surface area contributed by atoms with Gasteiger partial charge in [0.15, 0.2) is 0 Å². The molecule has 14 nitrogen and oxygen atoms in total. The van der Waals surface area contributed by atoms with Gasteiger partial charge in [-0.25, -0.2) is 0 Å². The molecule has 4 N–H and O–H groups in total. The molecule has 0 aliphatic heterocycles. The Morgan fingerprint density at radius 2 is 0.636 bits per heavy atom. The summed E-state index contributed by atoms with van der Waals surface area (Å²) in [5, 5.41) is 11.7. The minimum Gasteiger partial charge on any atom is -0.379 e. The predicted octanol–water partition coefficient (Wildman–Crippen LogP) is 0.623. The van der Waals surface area contributed by atoms with Crippen LogP contribution < -0.4 is 21.3 Å². The summed E-state index contributed by atoms with van der Waals surface area (Å²) in [6.07, 6.45) is 3.38. The maximum Gasteiger partial charge on any atom is 0.246 e. The number of hydrogen-bond acceptors (Lipinski definition) is 12. The molecule has 0 unspecified atom stereocenters. The Balaban J connectivity index is -0.00000840. The molecule has 0 fully saturated rings. The number of amides is 2. The molecular formula is C30H66N4O10. The number of ether oxygens (including phenoxy) is 8. The summed E-state index contributed by atoms with van der Waals surface area (Å²) in [6.45, 7) is 10.1. The van der Waals surface area contributed by atoms with Crippen molar-refractivity contribution >= 4 is 11.8 Å². The molecule has 0 radical (unpaired) electrons. The molecule has 0 aromatic heterocycles. The first kappa shape index (κ1) is 47.0. The molecule has 0 saturated carbocycles. The second kappa shape index (κ2) is 41.5. The number of hydrogen-bond donors (Lipinski definition) is 4. The highest BCUT2D eigenvalue weighted by molar-refractivity contribution is 5.77. The number of rotatable bonds is 35. The van der Waals surface area contributed by atoms with Crippen molar-refractivity contribution in [3.8, 4) is 0 Å². The zero-order valence-electron chi connectivity index (χ0n) is 26.1. The van der Waals surface area contributed by atoms with E-state index < -0.39 is 0 Å². The normalized spacial score (nSPS) is 10.7. The Kier molecular flexibility index (Phi) is 44.3. The minimum atomic E-state index is -0.204. The van der Waals surface area contributed by atoms with Crippen LogP contribution in [0.2, 0.25) is 0 Å². The van der Waals surface area contributed by atoms with Gasteiger partial charge in [-0.15, -0.1) is 0 Å². The Morgan fingerprint density at radius 3 is 0.932 bits per heavy atom. The summed E-state index contributed by atoms with van der Waals surface area (Å²) >= 11 is 0. The highest BCUT2D eigenvalue weighted by Gasteiger charge is 2.03. The van der Waals surface area contributed by atoms with E-state index in [2.05, 4.69) is 21.3 Å². The number of nitrogens with one attached hydrogen (secondary N) is 4. The van der Waals surface area contributed by atoms with Gasteiger partial charge in [-0.05, 0) is 52.9 Å². The van der Waals surface area contributed by atoms with Crippen molar-refractivity contribution in [1.29, 1.82) is 0 Å². The van der Waals surface area contributed by atoms with E-state index in [1.165, 1.54) is 0 Å². The van der Waals surface area contributed by atoms with Gasteiger partial charge >= 0.3 is 0 Å². The van der Waals surface area contributed by atoms with Gasteiger partial charge in [-0.3, -0.25) is 9.59 Å². The molecule has 266 valence electrons. The van der Waals surface area contributed by atoms with Crippen molar-refractivity contribution in [2.45, 2.75) is 40.5 Å². The molecule has 0 saturated heterocycles. The molecule has 14 heteroatoms.